The third-order valence-electron chi connectivity index (χ3n) is 4.30. The molecule has 2 heterocycles. The Balaban J connectivity index is 1.60. The van der Waals surface area contributed by atoms with Gasteiger partial charge in [-0.2, -0.15) is 4.98 Å². The van der Waals surface area contributed by atoms with Gasteiger partial charge in [-0.05, 0) is 53.7 Å². The molecule has 6 heteroatoms. The van der Waals surface area contributed by atoms with Gasteiger partial charge >= 0.3 is 0 Å². The number of aromatic nitrogens is 2. The molecular formula is C16H16BrN3O2. The molecule has 2 aromatic rings. The van der Waals surface area contributed by atoms with Crippen molar-refractivity contribution in [2.75, 3.05) is 6.54 Å². The summed E-state index contributed by atoms with van der Waals surface area (Å²) in [6.45, 7) is 0.728. The predicted molar refractivity (Wildman–Crippen MR) is 83.4 cm³/mol. The number of likely N-dealkylation sites (tertiary alicyclic amines) is 1. The maximum Gasteiger partial charge on any atom is 0.255 e. The fourth-order valence-corrected chi connectivity index (χ4v) is 3.40. The van der Waals surface area contributed by atoms with Gasteiger partial charge < -0.3 is 9.42 Å². The summed E-state index contributed by atoms with van der Waals surface area (Å²) in [5, 5.41) is 4.07. The molecule has 22 heavy (non-hydrogen) atoms. The van der Waals surface area contributed by atoms with Crippen molar-refractivity contribution in [2.24, 2.45) is 0 Å². The molecule has 1 atom stereocenters. The first-order valence-corrected chi connectivity index (χ1v) is 8.42. The van der Waals surface area contributed by atoms with E-state index in [1.807, 2.05) is 29.2 Å². The Labute approximate surface area is 136 Å². The lowest BCUT2D eigenvalue weighted by Crippen LogP contribution is -2.31. The maximum absolute atomic E-state index is 12.8. The van der Waals surface area contributed by atoms with Crippen LogP contribution in [0.2, 0.25) is 0 Å². The zero-order valence-corrected chi connectivity index (χ0v) is 13.6. The average Bonchev–Trinajstić information content (AvgIpc) is 3.07. The molecule has 4 rings (SSSR count). The van der Waals surface area contributed by atoms with Crippen molar-refractivity contribution in [2.45, 2.75) is 37.6 Å². The minimum Gasteiger partial charge on any atom is -0.337 e. The molecule has 0 radical (unpaired) electrons. The van der Waals surface area contributed by atoms with Crippen LogP contribution in [0.4, 0.5) is 0 Å². The Kier molecular flexibility index (Phi) is 3.48. The lowest BCUT2D eigenvalue weighted by molar-refractivity contribution is 0.0709. The van der Waals surface area contributed by atoms with Gasteiger partial charge in [0.15, 0.2) is 5.82 Å². The number of nitrogens with zero attached hydrogens (tertiary/aromatic N) is 3. The second kappa shape index (κ2) is 5.50. The number of amides is 1. The van der Waals surface area contributed by atoms with Crippen molar-refractivity contribution in [1.82, 2.24) is 15.0 Å². The molecule has 1 aliphatic heterocycles. The van der Waals surface area contributed by atoms with E-state index in [2.05, 4.69) is 26.1 Å². The van der Waals surface area contributed by atoms with E-state index in [4.69, 9.17) is 4.52 Å². The van der Waals surface area contributed by atoms with Crippen molar-refractivity contribution in [1.29, 1.82) is 0 Å². The smallest absolute Gasteiger partial charge is 0.255 e. The zero-order valence-electron chi connectivity index (χ0n) is 12.0. The molecule has 1 amide bonds. The number of benzene rings is 1. The van der Waals surface area contributed by atoms with E-state index in [0.717, 1.165) is 42.5 Å². The summed E-state index contributed by atoms with van der Waals surface area (Å²) in [4.78, 5) is 19.2. The van der Waals surface area contributed by atoms with Gasteiger partial charge in [0, 0.05) is 16.9 Å². The second-order valence-electron chi connectivity index (χ2n) is 5.90. The molecule has 2 fully saturated rings. The van der Waals surface area contributed by atoms with Gasteiger partial charge in [-0.15, -0.1) is 0 Å². The fraction of sp³-hybridized carbons (Fsp3) is 0.438. The van der Waals surface area contributed by atoms with Crippen molar-refractivity contribution >= 4 is 21.8 Å². The number of carbonyl (C=O) groups excluding carboxylic acids is 1. The van der Waals surface area contributed by atoms with Crippen LogP contribution in [0.3, 0.4) is 0 Å². The Bertz CT molecular complexity index is 711. The van der Waals surface area contributed by atoms with E-state index < -0.39 is 0 Å². The highest BCUT2D eigenvalue weighted by molar-refractivity contribution is 9.10. The third kappa shape index (κ3) is 2.45. The Morgan fingerprint density at radius 1 is 1.27 bits per heavy atom. The standard InChI is InChI=1S/C16H16BrN3O2/c17-12-5-2-1-4-11(12)16(21)20-9-3-6-13(20)15-18-14(19-22-15)10-7-8-10/h1-2,4-5,10,13H,3,6-9H2. The summed E-state index contributed by atoms with van der Waals surface area (Å²) >= 11 is 3.45. The molecule has 5 nitrogen and oxygen atoms in total. The Morgan fingerprint density at radius 2 is 2.09 bits per heavy atom. The molecule has 1 aromatic carbocycles. The van der Waals surface area contributed by atoms with Gasteiger partial charge in [-0.25, -0.2) is 0 Å². The SMILES string of the molecule is O=C(c1ccccc1Br)N1CCCC1c1nc(C2CC2)no1. The lowest BCUT2D eigenvalue weighted by atomic mass is 10.1. The van der Waals surface area contributed by atoms with Crippen LogP contribution >= 0.6 is 15.9 Å². The molecule has 1 saturated heterocycles. The van der Waals surface area contributed by atoms with Crippen molar-refractivity contribution < 1.29 is 9.32 Å². The predicted octanol–water partition coefficient (Wildman–Crippen LogP) is 3.69. The van der Waals surface area contributed by atoms with Crippen molar-refractivity contribution in [3.63, 3.8) is 0 Å². The Hall–Kier alpha value is -1.69. The van der Waals surface area contributed by atoms with E-state index in [9.17, 15) is 4.79 Å². The molecule has 1 aliphatic carbocycles. The summed E-state index contributed by atoms with van der Waals surface area (Å²) in [5.74, 6) is 1.86. The molecule has 2 aliphatic rings. The summed E-state index contributed by atoms with van der Waals surface area (Å²) < 4.78 is 6.24. The molecular weight excluding hydrogens is 346 g/mol. The van der Waals surface area contributed by atoms with E-state index in [-0.39, 0.29) is 11.9 Å². The summed E-state index contributed by atoms with van der Waals surface area (Å²) in [5.41, 5.74) is 0.677. The van der Waals surface area contributed by atoms with Gasteiger partial charge in [-0.1, -0.05) is 17.3 Å². The van der Waals surface area contributed by atoms with Crippen molar-refractivity contribution in [3.8, 4) is 0 Å². The maximum atomic E-state index is 12.8. The van der Waals surface area contributed by atoms with Crippen LogP contribution in [0, 0.1) is 0 Å². The molecule has 0 spiro atoms. The van der Waals surface area contributed by atoms with Gasteiger partial charge in [0.1, 0.15) is 6.04 Å². The van der Waals surface area contributed by atoms with Crippen LogP contribution in [-0.2, 0) is 0 Å². The van der Waals surface area contributed by atoms with Crippen LogP contribution < -0.4 is 0 Å². The molecule has 114 valence electrons. The quantitative estimate of drug-likeness (QED) is 0.836. The van der Waals surface area contributed by atoms with Crippen LogP contribution in [0.25, 0.3) is 0 Å². The van der Waals surface area contributed by atoms with Crippen molar-refractivity contribution in [3.05, 3.63) is 46.0 Å². The van der Waals surface area contributed by atoms with E-state index in [1.165, 1.54) is 0 Å². The minimum absolute atomic E-state index is 0.0150. The highest BCUT2D eigenvalue weighted by atomic mass is 79.9. The van der Waals surface area contributed by atoms with Crippen LogP contribution in [0.1, 0.15) is 59.7 Å². The van der Waals surface area contributed by atoms with E-state index in [0.29, 0.717) is 17.4 Å². The lowest BCUT2D eigenvalue weighted by Gasteiger charge is -2.22. The highest BCUT2D eigenvalue weighted by Crippen LogP contribution is 2.40. The van der Waals surface area contributed by atoms with Crippen LogP contribution in [0.5, 0.6) is 0 Å². The molecule has 0 N–H and O–H groups in total. The van der Waals surface area contributed by atoms with Gasteiger partial charge in [-0.3, -0.25) is 4.79 Å². The number of carbonyl (C=O) groups is 1. The zero-order chi connectivity index (χ0) is 15.1. The number of hydrogen-bond donors (Lipinski definition) is 0. The molecule has 0 bridgehead atoms. The van der Waals surface area contributed by atoms with E-state index in [1.54, 1.807) is 0 Å². The summed E-state index contributed by atoms with van der Waals surface area (Å²) in [6.07, 6.45) is 4.12. The third-order valence-corrected chi connectivity index (χ3v) is 4.99. The number of rotatable bonds is 3. The molecule has 1 aromatic heterocycles. The minimum atomic E-state index is -0.0976. The van der Waals surface area contributed by atoms with Gasteiger partial charge in [0.2, 0.25) is 5.89 Å². The van der Waals surface area contributed by atoms with Crippen LogP contribution in [0.15, 0.2) is 33.3 Å². The first-order valence-electron chi connectivity index (χ1n) is 7.63. The van der Waals surface area contributed by atoms with Crippen LogP contribution in [-0.4, -0.2) is 27.5 Å². The molecule has 1 unspecified atom stereocenters. The summed E-state index contributed by atoms with van der Waals surface area (Å²) in [6, 6.07) is 7.41. The second-order valence-corrected chi connectivity index (χ2v) is 6.76. The first-order chi connectivity index (χ1) is 10.7. The Morgan fingerprint density at radius 3 is 2.86 bits per heavy atom. The normalized spacial score (nSPS) is 21.3. The number of hydrogen-bond acceptors (Lipinski definition) is 4. The van der Waals surface area contributed by atoms with Gasteiger partial charge in [0.05, 0.1) is 5.56 Å². The summed E-state index contributed by atoms with van der Waals surface area (Å²) in [7, 11) is 0. The molecule has 1 saturated carbocycles. The van der Waals surface area contributed by atoms with E-state index >= 15 is 0 Å². The van der Waals surface area contributed by atoms with Gasteiger partial charge in [0.25, 0.3) is 5.91 Å². The fourth-order valence-electron chi connectivity index (χ4n) is 2.95. The first kappa shape index (κ1) is 13.9. The number of halogens is 1. The largest absolute Gasteiger partial charge is 0.337 e. The highest BCUT2D eigenvalue weighted by Gasteiger charge is 2.36. The monoisotopic (exact) mass is 361 g/mol. The topological polar surface area (TPSA) is 59.2 Å². The average molecular weight is 362 g/mol.